The highest BCUT2D eigenvalue weighted by molar-refractivity contribution is 6.38. The van der Waals surface area contributed by atoms with Crippen molar-refractivity contribution in [2.24, 2.45) is 5.41 Å². The standard InChI is InChI=1S/C31H41ClN2O5/c1-4-31(2,3)28(35)29(36)34-20-9-8-16-26(34)30(37)39-27(18-17-23-12-6-5-7-13-23)24-14-10-15-25(22-24)38-21-11-19-33-32/h5-7,10,12-15,22,26-27,33H,4,8-9,11,16-21H2,1-3H3/t26?,27-/m1/s1. The molecule has 2 atom stereocenters. The summed E-state index contributed by atoms with van der Waals surface area (Å²) < 4.78 is 12.0. The van der Waals surface area contributed by atoms with Gasteiger partial charge in [-0.2, -0.15) is 0 Å². The highest BCUT2D eigenvalue weighted by Gasteiger charge is 2.41. The number of hydrogen-bond donors (Lipinski definition) is 1. The van der Waals surface area contributed by atoms with Crippen molar-refractivity contribution in [3.05, 3.63) is 65.7 Å². The van der Waals surface area contributed by atoms with Gasteiger partial charge in [0.25, 0.3) is 5.91 Å². The number of ketones is 1. The number of rotatable bonds is 14. The maximum atomic E-state index is 13.6. The molecule has 0 spiro atoms. The third kappa shape index (κ3) is 8.80. The maximum absolute atomic E-state index is 13.6. The van der Waals surface area contributed by atoms with Gasteiger partial charge < -0.3 is 14.4 Å². The summed E-state index contributed by atoms with van der Waals surface area (Å²) in [6.45, 7) is 6.93. The molecule has 0 aromatic heterocycles. The lowest BCUT2D eigenvalue weighted by atomic mass is 9.84. The van der Waals surface area contributed by atoms with Gasteiger partial charge in [0.15, 0.2) is 0 Å². The molecule has 3 rings (SSSR count). The first-order chi connectivity index (χ1) is 18.8. The lowest BCUT2D eigenvalue weighted by Crippen LogP contribution is -2.53. The van der Waals surface area contributed by atoms with Gasteiger partial charge in [-0.15, -0.1) is 0 Å². The second-order valence-corrected chi connectivity index (χ2v) is 11.0. The van der Waals surface area contributed by atoms with Gasteiger partial charge in [-0.1, -0.05) is 63.2 Å². The minimum atomic E-state index is -0.776. The van der Waals surface area contributed by atoms with Crippen LogP contribution in [0.3, 0.4) is 0 Å². The topological polar surface area (TPSA) is 84.9 Å². The van der Waals surface area contributed by atoms with E-state index in [0.717, 1.165) is 30.4 Å². The van der Waals surface area contributed by atoms with Gasteiger partial charge in [-0.3, -0.25) is 9.59 Å². The molecule has 1 amide bonds. The average Bonchev–Trinajstić information content (AvgIpc) is 2.97. The van der Waals surface area contributed by atoms with Crippen LogP contribution in [0, 0.1) is 5.41 Å². The largest absolute Gasteiger partial charge is 0.494 e. The van der Waals surface area contributed by atoms with Crippen molar-refractivity contribution in [1.29, 1.82) is 0 Å². The Morgan fingerprint density at radius 1 is 1.10 bits per heavy atom. The second kappa shape index (κ2) is 15.0. The number of carbonyl (C=O) groups is 3. The molecule has 2 aromatic carbocycles. The van der Waals surface area contributed by atoms with Crippen LogP contribution in [0.2, 0.25) is 0 Å². The number of aryl methyl sites for hydroxylation is 1. The second-order valence-electron chi connectivity index (χ2n) is 10.7. The Hall–Kier alpha value is -2.90. The lowest BCUT2D eigenvalue weighted by Gasteiger charge is -2.36. The minimum absolute atomic E-state index is 0.374. The number of esters is 1. The Morgan fingerprint density at radius 2 is 1.87 bits per heavy atom. The fourth-order valence-electron chi connectivity index (χ4n) is 4.59. The highest BCUT2D eigenvalue weighted by atomic mass is 35.5. The SMILES string of the molecule is CCC(C)(C)C(=O)C(=O)N1CCCCC1C(=O)O[C@H](CCc1ccccc1)c1cccc(OCCCNCl)c1. The molecule has 0 bridgehead atoms. The van der Waals surface area contributed by atoms with Crippen molar-refractivity contribution in [3.8, 4) is 5.75 Å². The number of nitrogens with zero attached hydrogens (tertiary/aromatic N) is 1. The van der Waals surface area contributed by atoms with Gasteiger partial charge in [0, 0.05) is 18.5 Å². The van der Waals surface area contributed by atoms with E-state index in [9.17, 15) is 14.4 Å². The summed E-state index contributed by atoms with van der Waals surface area (Å²) in [6, 6.07) is 16.8. The monoisotopic (exact) mass is 556 g/mol. The summed E-state index contributed by atoms with van der Waals surface area (Å²) in [5.74, 6) is -0.835. The van der Waals surface area contributed by atoms with Gasteiger partial charge in [0.1, 0.15) is 17.9 Å². The molecule has 7 nitrogen and oxygen atoms in total. The molecular weight excluding hydrogens is 516 g/mol. The van der Waals surface area contributed by atoms with Crippen LogP contribution in [-0.2, 0) is 25.5 Å². The maximum Gasteiger partial charge on any atom is 0.329 e. The van der Waals surface area contributed by atoms with E-state index < -0.39 is 35.2 Å². The van der Waals surface area contributed by atoms with Crippen molar-refractivity contribution in [1.82, 2.24) is 9.74 Å². The van der Waals surface area contributed by atoms with Crippen molar-refractivity contribution >= 4 is 29.4 Å². The molecule has 0 aliphatic carbocycles. The Bertz CT molecular complexity index is 1090. The molecule has 0 saturated carbocycles. The molecule has 1 unspecified atom stereocenters. The van der Waals surface area contributed by atoms with E-state index in [4.69, 9.17) is 21.3 Å². The van der Waals surface area contributed by atoms with Crippen LogP contribution in [-0.4, -0.2) is 48.3 Å². The fourth-order valence-corrected chi connectivity index (χ4v) is 4.72. The zero-order valence-corrected chi connectivity index (χ0v) is 24.0. The van der Waals surface area contributed by atoms with E-state index in [1.807, 2.05) is 61.5 Å². The molecule has 1 fully saturated rings. The minimum Gasteiger partial charge on any atom is -0.494 e. The lowest BCUT2D eigenvalue weighted by molar-refractivity contribution is -0.164. The first kappa shape index (κ1) is 30.6. The molecule has 39 heavy (non-hydrogen) atoms. The predicted octanol–water partition coefficient (Wildman–Crippen LogP) is 5.80. The van der Waals surface area contributed by atoms with E-state index in [0.29, 0.717) is 51.1 Å². The van der Waals surface area contributed by atoms with E-state index in [2.05, 4.69) is 4.84 Å². The van der Waals surface area contributed by atoms with Crippen molar-refractivity contribution in [2.45, 2.75) is 77.9 Å². The number of benzene rings is 2. The molecule has 8 heteroatoms. The Labute approximate surface area is 237 Å². The molecule has 1 aliphatic rings. The molecular formula is C31H41ClN2O5. The number of ether oxygens (including phenoxy) is 2. The van der Waals surface area contributed by atoms with Crippen LogP contribution < -0.4 is 9.57 Å². The third-order valence-electron chi connectivity index (χ3n) is 7.44. The van der Waals surface area contributed by atoms with E-state index in [1.54, 1.807) is 13.8 Å². The van der Waals surface area contributed by atoms with Crippen LogP contribution in [0.1, 0.15) is 76.5 Å². The number of carbonyl (C=O) groups excluding carboxylic acids is 3. The van der Waals surface area contributed by atoms with Gasteiger partial charge in [-0.25, -0.2) is 9.63 Å². The van der Waals surface area contributed by atoms with E-state index in [-0.39, 0.29) is 0 Å². The van der Waals surface area contributed by atoms with Gasteiger partial charge in [0.05, 0.1) is 6.61 Å². The first-order valence-electron chi connectivity index (χ1n) is 13.9. The Balaban J connectivity index is 1.79. The van der Waals surface area contributed by atoms with E-state index in [1.165, 1.54) is 4.90 Å². The van der Waals surface area contributed by atoms with Gasteiger partial charge >= 0.3 is 5.97 Å². The van der Waals surface area contributed by atoms with Gasteiger partial charge in [-0.05, 0) is 80.0 Å². The summed E-state index contributed by atoms with van der Waals surface area (Å²) in [6.07, 6.45) is 4.07. The fraction of sp³-hybridized carbons (Fsp3) is 0.516. The normalized spacial score (nSPS) is 16.4. The molecule has 212 valence electrons. The average molecular weight is 557 g/mol. The third-order valence-corrected chi connectivity index (χ3v) is 7.63. The number of piperidine rings is 1. The number of halogens is 1. The summed E-state index contributed by atoms with van der Waals surface area (Å²) in [5, 5.41) is 0. The van der Waals surface area contributed by atoms with Crippen LogP contribution >= 0.6 is 11.8 Å². The molecule has 1 heterocycles. The Morgan fingerprint density at radius 3 is 2.59 bits per heavy atom. The van der Waals surface area contributed by atoms with Crippen LogP contribution in [0.25, 0.3) is 0 Å². The zero-order chi connectivity index (χ0) is 28.3. The number of likely N-dealkylation sites (tertiary alicyclic amines) is 1. The van der Waals surface area contributed by atoms with Crippen LogP contribution in [0.5, 0.6) is 5.75 Å². The molecule has 1 saturated heterocycles. The molecule has 2 aromatic rings. The highest BCUT2D eigenvalue weighted by Crippen LogP contribution is 2.30. The van der Waals surface area contributed by atoms with Crippen molar-refractivity contribution in [2.75, 3.05) is 19.7 Å². The quantitative estimate of drug-likeness (QED) is 0.137. The Kier molecular flexibility index (Phi) is 11.8. The summed E-state index contributed by atoms with van der Waals surface area (Å²) in [4.78, 5) is 43.8. The van der Waals surface area contributed by atoms with Crippen LogP contribution in [0.15, 0.2) is 54.6 Å². The first-order valence-corrected chi connectivity index (χ1v) is 14.3. The predicted molar refractivity (Wildman–Crippen MR) is 152 cm³/mol. The number of nitrogens with one attached hydrogen (secondary N) is 1. The van der Waals surface area contributed by atoms with Crippen LogP contribution in [0.4, 0.5) is 0 Å². The summed E-state index contributed by atoms with van der Waals surface area (Å²) in [5.41, 5.74) is 1.19. The number of amides is 1. The van der Waals surface area contributed by atoms with Crippen molar-refractivity contribution < 1.29 is 23.9 Å². The molecule has 0 radical (unpaired) electrons. The molecule has 1 N–H and O–H groups in total. The number of hydrogen-bond acceptors (Lipinski definition) is 6. The van der Waals surface area contributed by atoms with Gasteiger partial charge in [0.2, 0.25) is 5.78 Å². The molecule has 1 aliphatic heterocycles. The summed E-state index contributed by atoms with van der Waals surface area (Å²) >= 11 is 5.53. The number of Topliss-reactive ketones (excluding diaryl/α,β-unsaturated/α-hetero) is 1. The van der Waals surface area contributed by atoms with Crippen molar-refractivity contribution in [3.63, 3.8) is 0 Å². The van der Waals surface area contributed by atoms with E-state index >= 15 is 0 Å². The zero-order valence-electron chi connectivity index (χ0n) is 23.3. The summed E-state index contributed by atoms with van der Waals surface area (Å²) in [7, 11) is 0. The smallest absolute Gasteiger partial charge is 0.329 e.